The molecule has 1 amide bonds. The third-order valence-electron chi connectivity index (χ3n) is 3.82. The molecule has 138 valence electrons. The normalized spacial score (nSPS) is 10.3. The number of nitrogens with zero attached hydrogens (tertiary/aromatic N) is 1. The van der Waals surface area contributed by atoms with E-state index in [9.17, 15) is 9.18 Å². The molecule has 2 N–H and O–H groups in total. The molecule has 1 heterocycles. The van der Waals surface area contributed by atoms with Crippen LogP contribution in [0.25, 0.3) is 0 Å². The van der Waals surface area contributed by atoms with Crippen LogP contribution in [0, 0.1) is 5.82 Å². The number of halogens is 1. The van der Waals surface area contributed by atoms with Crippen molar-refractivity contribution >= 4 is 17.3 Å². The number of hydrogen-bond donors (Lipinski definition) is 2. The van der Waals surface area contributed by atoms with Crippen LogP contribution in [0.3, 0.4) is 0 Å². The average molecular weight is 365 g/mol. The van der Waals surface area contributed by atoms with E-state index in [1.165, 1.54) is 12.1 Å². The summed E-state index contributed by atoms with van der Waals surface area (Å²) in [6.45, 7) is 2.88. The van der Waals surface area contributed by atoms with E-state index < -0.39 is 0 Å². The first-order valence-electron chi connectivity index (χ1n) is 8.62. The number of pyridine rings is 1. The topological polar surface area (TPSA) is 63.2 Å². The van der Waals surface area contributed by atoms with Gasteiger partial charge in [-0.15, -0.1) is 0 Å². The lowest BCUT2D eigenvalue weighted by Crippen LogP contribution is -2.23. The molecule has 5 nitrogen and oxygen atoms in total. The van der Waals surface area contributed by atoms with Gasteiger partial charge in [0, 0.05) is 12.2 Å². The number of amides is 1. The molecule has 1 aromatic heterocycles. The van der Waals surface area contributed by atoms with Crippen LogP contribution in [-0.2, 0) is 6.54 Å². The highest BCUT2D eigenvalue weighted by molar-refractivity contribution is 5.92. The van der Waals surface area contributed by atoms with Gasteiger partial charge in [-0.3, -0.25) is 4.79 Å². The summed E-state index contributed by atoms with van der Waals surface area (Å²) >= 11 is 0. The predicted molar refractivity (Wildman–Crippen MR) is 103 cm³/mol. The first-order chi connectivity index (χ1) is 13.1. The van der Waals surface area contributed by atoms with Crippen molar-refractivity contribution in [2.75, 3.05) is 11.9 Å². The number of rotatable bonds is 7. The number of hydrogen-bond acceptors (Lipinski definition) is 4. The molecular weight excluding hydrogens is 345 g/mol. The molecule has 6 heteroatoms. The van der Waals surface area contributed by atoms with Crippen molar-refractivity contribution in [1.29, 1.82) is 0 Å². The summed E-state index contributed by atoms with van der Waals surface area (Å²) in [6, 6.07) is 17.0. The van der Waals surface area contributed by atoms with E-state index in [2.05, 4.69) is 15.6 Å². The summed E-state index contributed by atoms with van der Waals surface area (Å²) in [5.41, 5.74) is 2.80. The number of anilines is 2. The Balaban J connectivity index is 1.55. The fraction of sp³-hybridized carbons (Fsp3) is 0.143. The van der Waals surface area contributed by atoms with Crippen LogP contribution in [0.4, 0.5) is 15.8 Å². The number of ether oxygens (including phenoxy) is 1. The highest BCUT2D eigenvalue weighted by Gasteiger charge is 2.07. The van der Waals surface area contributed by atoms with Crippen LogP contribution in [-0.4, -0.2) is 17.5 Å². The van der Waals surface area contributed by atoms with Crippen LogP contribution in [0.1, 0.15) is 23.0 Å². The molecule has 0 spiro atoms. The molecule has 0 aliphatic heterocycles. The summed E-state index contributed by atoms with van der Waals surface area (Å²) in [7, 11) is 0. The summed E-state index contributed by atoms with van der Waals surface area (Å²) in [5.74, 6) is 0.226. The van der Waals surface area contributed by atoms with Gasteiger partial charge in [-0.1, -0.05) is 12.1 Å². The van der Waals surface area contributed by atoms with Crippen LogP contribution in [0.2, 0.25) is 0 Å². The number of carbonyl (C=O) groups is 1. The molecule has 0 radical (unpaired) electrons. The molecule has 0 unspecified atom stereocenters. The van der Waals surface area contributed by atoms with Gasteiger partial charge in [0.1, 0.15) is 17.3 Å². The highest BCUT2D eigenvalue weighted by atomic mass is 19.1. The minimum Gasteiger partial charge on any atom is -0.494 e. The van der Waals surface area contributed by atoms with Crippen molar-refractivity contribution in [2.45, 2.75) is 13.5 Å². The van der Waals surface area contributed by atoms with Gasteiger partial charge in [0.25, 0.3) is 5.91 Å². The first kappa shape index (κ1) is 18.4. The van der Waals surface area contributed by atoms with Gasteiger partial charge in [-0.25, -0.2) is 9.37 Å². The van der Waals surface area contributed by atoms with Crippen LogP contribution in [0.5, 0.6) is 5.75 Å². The van der Waals surface area contributed by atoms with E-state index in [1.54, 1.807) is 30.5 Å². The summed E-state index contributed by atoms with van der Waals surface area (Å²) in [5, 5.41) is 5.98. The maximum Gasteiger partial charge on any atom is 0.270 e. The quantitative estimate of drug-likeness (QED) is 0.655. The monoisotopic (exact) mass is 365 g/mol. The molecule has 3 rings (SSSR count). The van der Waals surface area contributed by atoms with Crippen LogP contribution >= 0.6 is 0 Å². The maximum absolute atomic E-state index is 12.9. The van der Waals surface area contributed by atoms with Crippen molar-refractivity contribution in [3.8, 4) is 5.75 Å². The summed E-state index contributed by atoms with van der Waals surface area (Å²) in [4.78, 5) is 16.4. The second-order valence-electron chi connectivity index (χ2n) is 5.82. The second kappa shape index (κ2) is 8.80. The number of aromatic nitrogens is 1. The highest BCUT2D eigenvalue weighted by Crippen LogP contribution is 2.19. The van der Waals surface area contributed by atoms with Crippen molar-refractivity contribution in [3.05, 3.63) is 83.9 Å². The molecule has 0 bridgehead atoms. The lowest BCUT2D eigenvalue weighted by Gasteiger charge is -2.09. The van der Waals surface area contributed by atoms with Crippen molar-refractivity contribution in [3.63, 3.8) is 0 Å². The zero-order valence-electron chi connectivity index (χ0n) is 14.9. The zero-order valence-corrected chi connectivity index (χ0v) is 14.9. The Morgan fingerprint density at radius 1 is 1.00 bits per heavy atom. The number of benzene rings is 2. The third-order valence-corrected chi connectivity index (χ3v) is 3.82. The molecule has 3 aromatic rings. The largest absolute Gasteiger partial charge is 0.494 e. The Morgan fingerprint density at radius 2 is 1.70 bits per heavy atom. The molecule has 27 heavy (non-hydrogen) atoms. The van der Waals surface area contributed by atoms with E-state index in [0.29, 0.717) is 18.8 Å². The minimum atomic E-state index is -0.303. The van der Waals surface area contributed by atoms with Gasteiger partial charge in [-0.2, -0.15) is 0 Å². The molecule has 2 aromatic carbocycles. The molecule has 0 aliphatic rings. The fourth-order valence-electron chi connectivity index (χ4n) is 2.45. The van der Waals surface area contributed by atoms with E-state index >= 15 is 0 Å². The van der Waals surface area contributed by atoms with E-state index in [-0.39, 0.29) is 11.7 Å². The number of nitrogens with one attached hydrogen (secondary N) is 2. The van der Waals surface area contributed by atoms with Crippen LogP contribution < -0.4 is 15.4 Å². The van der Waals surface area contributed by atoms with Crippen molar-refractivity contribution in [1.82, 2.24) is 10.3 Å². The fourth-order valence-corrected chi connectivity index (χ4v) is 2.45. The Kier molecular flexibility index (Phi) is 5.99. The lowest BCUT2D eigenvalue weighted by atomic mass is 10.2. The molecule has 0 saturated carbocycles. The third kappa shape index (κ3) is 5.28. The molecule has 0 atom stereocenters. The van der Waals surface area contributed by atoms with Gasteiger partial charge >= 0.3 is 0 Å². The van der Waals surface area contributed by atoms with Gasteiger partial charge in [-0.05, 0) is 61.0 Å². The lowest BCUT2D eigenvalue weighted by molar-refractivity contribution is 0.0946. The van der Waals surface area contributed by atoms with Gasteiger partial charge in [0.05, 0.1) is 18.5 Å². The van der Waals surface area contributed by atoms with Crippen molar-refractivity contribution in [2.24, 2.45) is 0 Å². The Bertz CT molecular complexity index is 879. The maximum atomic E-state index is 12.9. The average Bonchev–Trinajstić information content (AvgIpc) is 2.70. The zero-order chi connectivity index (χ0) is 19.1. The summed E-state index contributed by atoms with van der Waals surface area (Å²) in [6.07, 6.45) is 1.60. The second-order valence-corrected chi connectivity index (χ2v) is 5.82. The van der Waals surface area contributed by atoms with Gasteiger partial charge in [0.2, 0.25) is 0 Å². The summed E-state index contributed by atoms with van der Waals surface area (Å²) < 4.78 is 18.3. The van der Waals surface area contributed by atoms with E-state index in [4.69, 9.17) is 4.74 Å². The van der Waals surface area contributed by atoms with Crippen LogP contribution in [0.15, 0.2) is 66.9 Å². The van der Waals surface area contributed by atoms with Crippen molar-refractivity contribution < 1.29 is 13.9 Å². The predicted octanol–water partition coefficient (Wildman–Crippen LogP) is 4.29. The minimum absolute atomic E-state index is 0.285. The van der Waals surface area contributed by atoms with E-state index in [1.807, 2.05) is 31.2 Å². The standard InChI is InChI=1S/C21H20FN3O2/c1-2-27-19-10-7-17(8-11-19)25-18-9-12-20(23-14-18)21(26)24-13-15-3-5-16(22)6-4-15/h3-12,14,25H,2,13H2,1H3,(H,24,26). The SMILES string of the molecule is CCOc1ccc(Nc2ccc(C(=O)NCc3ccc(F)cc3)nc2)cc1. The van der Waals surface area contributed by atoms with Gasteiger partial charge in [0.15, 0.2) is 0 Å². The molecule has 0 fully saturated rings. The molecule has 0 aliphatic carbocycles. The molecular formula is C21H20FN3O2. The Hall–Kier alpha value is -3.41. The van der Waals surface area contributed by atoms with Gasteiger partial charge < -0.3 is 15.4 Å². The smallest absolute Gasteiger partial charge is 0.270 e. The Labute approximate surface area is 157 Å². The Morgan fingerprint density at radius 3 is 2.33 bits per heavy atom. The molecule has 0 saturated heterocycles. The first-order valence-corrected chi connectivity index (χ1v) is 8.62. The van der Waals surface area contributed by atoms with E-state index in [0.717, 1.165) is 22.7 Å². The number of carbonyl (C=O) groups excluding carboxylic acids is 1.